The van der Waals surface area contributed by atoms with Gasteiger partial charge in [0.15, 0.2) is 5.75 Å². The van der Waals surface area contributed by atoms with Gasteiger partial charge >= 0.3 is 0 Å². The summed E-state index contributed by atoms with van der Waals surface area (Å²) in [6.07, 6.45) is 2.18. The molecule has 0 radical (unpaired) electrons. The first-order valence-electron chi connectivity index (χ1n) is 5.93. The number of benzene rings is 1. The van der Waals surface area contributed by atoms with Gasteiger partial charge in [-0.05, 0) is 30.9 Å². The predicted molar refractivity (Wildman–Crippen MR) is 76.1 cm³/mol. The third-order valence-electron chi connectivity index (χ3n) is 2.98. The highest BCUT2D eigenvalue weighted by Crippen LogP contribution is 2.34. The average Bonchev–Trinajstić information content (AvgIpc) is 3.17. The number of methoxy groups -OCH3 is 1. The Morgan fingerprint density at radius 2 is 2.10 bits per heavy atom. The molecule has 5 nitrogen and oxygen atoms in total. The van der Waals surface area contributed by atoms with Crippen LogP contribution < -0.4 is 10.1 Å². The van der Waals surface area contributed by atoms with Crippen molar-refractivity contribution in [3.05, 3.63) is 22.7 Å². The lowest BCUT2D eigenvalue weighted by molar-refractivity contribution is 0.0948. The largest absolute Gasteiger partial charge is 0.494 e. The zero-order valence-electron chi connectivity index (χ0n) is 10.7. The van der Waals surface area contributed by atoms with Crippen molar-refractivity contribution < 1.29 is 17.9 Å². The van der Waals surface area contributed by atoms with Gasteiger partial charge in [0, 0.05) is 22.2 Å². The maximum atomic E-state index is 12.1. The average molecular weight is 338 g/mol. The molecule has 1 aliphatic carbocycles. The molecule has 110 valence electrons. The van der Waals surface area contributed by atoms with Crippen LogP contribution in [0.1, 0.15) is 23.2 Å². The summed E-state index contributed by atoms with van der Waals surface area (Å²) in [6, 6.07) is 2.51. The van der Waals surface area contributed by atoms with Crippen LogP contribution in [0.15, 0.2) is 17.0 Å². The van der Waals surface area contributed by atoms with E-state index in [9.17, 15) is 13.2 Å². The smallest absolute Gasteiger partial charge is 0.265 e. The van der Waals surface area contributed by atoms with Gasteiger partial charge in [0.2, 0.25) is 0 Å². The van der Waals surface area contributed by atoms with Crippen LogP contribution in [0.2, 0.25) is 5.02 Å². The molecule has 2 rings (SSSR count). The zero-order chi connectivity index (χ0) is 14.9. The lowest BCUT2D eigenvalue weighted by atomic mass is 10.2. The van der Waals surface area contributed by atoms with Crippen LogP contribution in [-0.2, 0) is 9.05 Å². The molecule has 1 fully saturated rings. The van der Waals surface area contributed by atoms with E-state index in [0.717, 1.165) is 18.9 Å². The first-order chi connectivity index (χ1) is 9.32. The third kappa shape index (κ3) is 3.56. The van der Waals surface area contributed by atoms with E-state index in [1.165, 1.54) is 13.2 Å². The molecule has 0 bridgehead atoms. The summed E-state index contributed by atoms with van der Waals surface area (Å²) in [4.78, 5) is 11.8. The standard InChI is InChI=1S/C12H13Cl2NO4S/c1-19-11-9(12(16)15-6-7-2-3-7)4-8(13)5-10(11)20(14,17)18/h4-5,7H,2-3,6H2,1H3,(H,15,16). The molecule has 8 heteroatoms. The molecule has 1 aliphatic rings. The van der Waals surface area contributed by atoms with Crippen LogP contribution in [0.3, 0.4) is 0 Å². The Bertz CT molecular complexity index is 641. The Balaban J connectivity index is 2.40. The summed E-state index contributed by atoms with van der Waals surface area (Å²) in [5, 5.41) is 2.82. The normalized spacial score (nSPS) is 14.9. The number of amides is 1. The van der Waals surface area contributed by atoms with Crippen LogP contribution in [0.4, 0.5) is 0 Å². The van der Waals surface area contributed by atoms with Crippen molar-refractivity contribution in [1.29, 1.82) is 0 Å². The molecule has 1 aromatic rings. The Labute approximate surface area is 126 Å². The number of rotatable bonds is 5. The minimum absolute atomic E-state index is 0.0554. The summed E-state index contributed by atoms with van der Waals surface area (Å²) in [5.74, 6) is -0.0316. The molecule has 1 aromatic carbocycles. The van der Waals surface area contributed by atoms with Gasteiger partial charge in [-0.2, -0.15) is 0 Å². The van der Waals surface area contributed by atoms with Crippen LogP contribution in [0.5, 0.6) is 5.75 Å². The number of carbonyl (C=O) groups is 1. The minimum atomic E-state index is -4.06. The minimum Gasteiger partial charge on any atom is -0.494 e. The first kappa shape index (κ1) is 15.4. The van der Waals surface area contributed by atoms with Gasteiger partial charge in [0.25, 0.3) is 15.0 Å². The zero-order valence-corrected chi connectivity index (χ0v) is 13.0. The number of hydrogen-bond donors (Lipinski definition) is 1. The van der Waals surface area contributed by atoms with Gasteiger partial charge in [0.1, 0.15) is 4.90 Å². The molecule has 0 aromatic heterocycles. The van der Waals surface area contributed by atoms with Crippen molar-refractivity contribution in [1.82, 2.24) is 5.32 Å². The van der Waals surface area contributed by atoms with Crippen molar-refractivity contribution in [3.8, 4) is 5.75 Å². The van der Waals surface area contributed by atoms with Crippen molar-refractivity contribution in [2.24, 2.45) is 5.92 Å². The second-order valence-electron chi connectivity index (χ2n) is 4.58. The molecule has 0 atom stereocenters. The van der Waals surface area contributed by atoms with Crippen molar-refractivity contribution in [2.45, 2.75) is 17.7 Å². The molecule has 20 heavy (non-hydrogen) atoms. The van der Waals surface area contributed by atoms with Gasteiger partial charge in [-0.1, -0.05) is 11.6 Å². The lowest BCUT2D eigenvalue weighted by Gasteiger charge is -2.12. The van der Waals surface area contributed by atoms with Gasteiger partial charge in [-0.3, -0.25) is 4.79 Å². The van der Waals surface area contributed by atoms with E-state index < -0.39 is 15.0 Å². The van der Waals surface area contributed by atoms with Gasteiger partial charge in [0.05, 0.1) is 12.7 Å². The number of nitrogens with one attached hydrogen (secondary N) is 1. The highest BCUT2D eigenvalue weighted by molar-refractivity contribution is 8.13. The number of halogens is 2. The quantitative estimate of drug-likeness (QED) is 0.837. The monoisotopic (exact) mass is 337 g/mol. The molecule has 0 heterocycles. The van der Waals surface area contributed by atoms with Crippen molar-refractivity contribution in [2.75, 3.05) is 13.7 Å². The Morgan fingerprint density at radius 3 is 2.60 bits per heavy atom. The maximum Gasteiger partial charge on any atom is 0.265 e. The topological polar surface area (TPSA) is 72.5 Å². The summed E-state index contributed by atoms with van der Waals surface area (Å²) < 4.78 is 28.0. The fraction of sp³-hybridized carbons (Fsp3) is 0.417. The van der Waals surface area contributed by atoms with E-state index in [0.29, 0.717) is 12.5 Å². The number of ether oxygens (including phenoxy) is 1. The summed E-state index contributed by atoms with van der Waals surface area (Å²) >= 11 is 5.85. The van der Waals surface area contributed by atoms with Crippen molar-refractivity contribution >= 4 is 37.2 Å². The van der Waals surface area contributed by atoms with E-state index in [2.05, 4.69) is 5.32 Å². The van der Waals surface area contributed by atoms with E-state index >= 15 is 0 Å². The predicted octanol–water partition coefficient (Wildman–Crippen LogP) is 2.42. The van der Waals surface area contributed by atoms with Crippen LogP contribution in [-0.4, -0.2) is 28.0 Å². The molecule has 0 spiro atoms. The van der Waals surface area contributed by atoms with Crippen molar-refractivity contribution in [3.63, 3.8) is 0 Å². The first-order valence-corrected chi connectivity index (χ1v) is 8.62. The molecule has 0 saturated heterocycles. The highest BCUT2D eigenvalue weighted by atomic mass is 35.7. The maximum absolute atomic E-state index is 12.1. The molecule has 1 amide bonds. The number of carbonyl (C=O) groups excluding carboxylic acids is 1. The second kappa shape index (κ2) is 5.79. The molecule has 1 N–H and O–H groups in total. The number of hydrogen-bond acceptors (Lipinski definition) is 4. The fourth-order valence-corrected chi connectivity index (χ4v) is 3.09. The Kier molecular flexibility index (Phi) is 4.46. The fourth-order valence-electron chi connectivity index (χ4n) is 1.78. The SMILES string of the molecule is COc1c(C(=O)NCC2CC2)cc(Cl)cc1S(=O)(=O)Cl. The van der Waals surface area contributed by atoms with E-state index in [4.69, 9.17) is 27.0 Å². The van der Waals surface area contributed by atoms with E-state index in [-0.39, 0.29) is 21.2 Å². The molecular weight excluding hydrogens is 325 g/mol. The van der Waals surface area contributed by atoms with Gasteiger partial charge in [-0.15, -0.1) is 0 Å². The van der Waals surface area contributed by atoms with E-state index in [1.54, 1.807) is 0 Å². The Hall–Kier alpha value is -0.980. The second-order valence-corrected chi connectivity index (χ2v) is 7.55. The van der Waals surface area contributed by atoms with Crippen LogP contribution >= 0.6 is 22.3 Å². The van der Waals surface area contributed by atoms with Gasteiger partial charge < -0.3 is 10.1 Å². The summed E-state index contributed by atoms with van der Waals surface area (Å²) in [7, 11) is 2.54. The van der Waals surface area contributed by atoms with Gasteiger partial charge in [-0.25, -0.2) is 8.42 Å². The van der Waals surface area contributed by atoms with Crippen LogP contribution in [0.25, 0.3) is 0 Å². The third-order valence-corrected chi connectivity index (χ3v) is 4.52. The summed E-state index contributed by atoms with van der Waals surface area (Å²) in [6.45, 7) is 0.553. The summed E-state index contributed by atoms with van der Waals surface area (Å²) in [5.41, 5.74) is 0.0554. The Morgan fingerprint density at radius 1 is 1.45 bits per heavy atom. The molecule has 1 saturated carbocycles. The molecular formula is C12H13Cl2NO4S. The lowest BCUT2D eigenvalue weighted by Crippen LogP contribution is -2.26. The van der Waals surface area contributed by atoms with E-state index in [1.807, 2.05) is 0 Å². The molecule has 0 aliphatic heterocycles. The molecule has 0 unspecified atom stereocenters. The van der Waals surface area contributed by atoms with Crippen LogP contribution in [0, 0.1) is 5.92 Å². The highest BCUT2D eigenvalue weighted by Gasteiger charge is 2.26.